The summed E-state index contributed by atoms with van der Waals surface area (Å²) in [5.74, 6) is -4.31. The fourth-order valence-corrected chi connectivity index (χ4v) is 8.14. The summed E-state index contributed by atoms with van der Waals surface area (Å²) in [7, 11) is -4.05. The number of rotatable bonds is 7. The van der Waals surface area contributed by atoms with Gasteiger partial charge in [-0.05, 0) is 73.8 Å². The maximum atomic E-state index is 13.7. The van der Waals surface area contributed by atoms with Gasteiger partial charge in [-0.15, -0.1) is 0 Å². The summed E-state index contributed by atoms with van der Waals surface area (Å²) in [6.07, 6.45) is -1.39. The van der Waals surface area contributed by atoms with E-state index in [-0.39, 0.29) is 39.9 Å². The number of hydrogen-bond acceptors (Lipinski definition) is 6. The molecule has 0 radical (unpaired) electrons. The number of fused-ring (bicyclic) bond motifs is 2. The standard InChI is InChI=1S/C26H30ClF2NO6S/c1-13(2)23(31)24(32)26(34)15-4-5-16(26)11-18(10-15)37(35,36)22-9-14(3-7-19(22)27)25(33)30-17-6-8-20(28)21(29)12-17/h3,6-9,12-13,15-16,18,23-24,31-32,34H,4-5,10-11H2,1-2H3,(H,30,33)/t15-,16+,18?,23-,24+,26?/m0/s1. The van der Waals surface area contributed by atoms with Gasteiger partial charge >= 0.3 is 0 Å². The second-order valence-corrected chi connectivity index (χ2v) is 13.0. The second kappa shape index (κ2) is 10.2. The van der Waals surface area contributed by atoms with Gasteiger partial charge in [-0.25, -0.2) is 17.2 Å². The van der Waals surface area contributed by atoms with E-state index in [0.29, 0.717) is 12.8 Å². The zero-order valence-electron chi connectivity index (χ0n) is 20.4. The minimum atomic E-state index is -4.05. The van der Waals surface area contributed by atoms with Crippen molar-refractivity contribution in [3.63, 3.8) is 0 Å². The Balaban J connectivity index is 1.58. The summed E-state index contributed by atoms with van der Waals surface area (Å²) in [4.78, 5) is 12.5. The van der Waals surface area contributed by atoms with E-state index in [9.17, 15) is 37.3 Å². The smallest absolute Gasteiger partial charge is 0.255 e. The van der Waals surface area contributed by atoms with Crippen LogP contribution in [0.25, 0.3) is 0 Å². The van der Waals surface area contributed by atoms with Gasteiger partial charge in [0.05, 0.1) is 26.9 Å². The number of aliphatic hydroxyl groups is 3. The van der Waals surface area contributed by atoms with Crippen molar-refractivity contribution in [3.8, 4) is 0 Å². The van der Waals surface area contributed by atoms with Crippen LogP contribution in [0.5, 0.6) is 0 Å². The molecule has 0 aliphatic heterocycles. The van der Waals surface area contributed by atoms with E-state index in [1.807, 2.05) is 0 Å². The van der Waals surface area contributed by atoms with Crippen molar-refractivity contribution < 1.29 is 37.3 Å². The number of nitrogens with one attached hydrogen (secondary N) is 1. The molecule has 6 atom stereocenters. The number of benzene rings is 2. The van der Waals surface area contributed by atoms with Crippen LogP contribution in [0.4, 0.5) is 14.5 Å². The first-order valence-electron chi connectivity index (χ1n) is 12.1. The highest BCUT2D eigenvalue weighted by Crippen LogP contribution is 2.54. The predicted molar refractivity (Wildman–Crippen MR) is 134 cm³/mol. The molecule has 4 N–H and O–H groups in total. The van der Waals surface area contributed by atoms with Gasteiger partial charge in [-0.3, -0.25) is 4.79 Å². The van der Waals surface area contributed by atoms with Crippen LogP contribution in [-0.4, -0.2) is 52.7 Å². The van der Waals surface area contributed by atoms with E-state index in [0.717, 1.165) is 18.2 Å². The summed E-state index contributed by atoms with van der Waals surface area (Å²) in [6, 6.07) is 6.60. The second-order valence-electron chi connectivity index (χ2n) is 10.4. The Morgan fingerprint density at radius 2 is 1.68 bits per heavy atom. The highest BCUT2D eigenvalue weighted by molar-refractivity contribution is 7.92. The first-order chi connectivity index (χ1) is 17.3. The summed E-state index contributed by atoms with van der Waals surface area (Å²) >= 11 is 6.25. The molecule has 2 aromatic carbocycles. The van der Waals surface area contributed by atoms with Crippen molar-refractivity contribution in [1.82, 2.24) is 0 Å². The molecule has 2 aliphatic rings. The average molecular weight is 558 g/mol. The van der Waals surface area contributed by atoms with Gasteiger partial charge in [-0.1, -0.05) is 25.4 Å². The predicted octanol–water partition coefficient (Wildman–Crippen LogP) is 3.94. The Hall–Kier alpha value is -2.11. The van der Waals surface area contributed by atoms with Crippen LogP contribution in [0.3, 0.4) is 0 Å². The van der Waals surface area contributed by atoms with E-state index in [4.69, 9.17) is 11.6 Å². The third-order valence-corrected chi connectivity index (χ3v) is 10.5. The molecule has 2 fully saturated rings. The maximum Gasteiger partial charge on any atom is 0.255 e. The van der Waals surface area contributed by atoms with Crippen molar-refractivity contribution in [2.45, 2.75) is 67.5 Å². The van der Waals surface area contributed by atoms with Crippen LogP contribution in [0.1, 0.15) is 49.9 Å². The van der Waals surface area contributed by atoms with Crippen LogP contribution in [0.2, 0.25) is 5.02 Å². The van der Waals surface area contributed by atoms with E-state index in [1.165, 1.54) is 18.2 Å². The van der Waals surface area contributed by atoms with Crippen LogP contribution < -0.4 is 5.32 Å². The number of anilines is 1. The molecule has 2 saturated carbocycles. The van der Waals surface area contributed by atoms with E-state index >= 15 is 0 Å². The van der Waals surface area contributed by atoms with Gasteiger partial charge in [0.15, 0.2) is 21.5 Å². The molecule has 1 amide bonds. The molecule has 2 unspecified atom stereocenters. The monoisotopic (exact) mass is 557 g/mol. The largest absolute Gasteiger partial charge is 0.390 e. The Labute approximate surface area is 219 Å². The number of halogens is 3. The lowest BCUT2D eigenvalue weighted by atomic mass is 9.69. The Bertz CT molecular complexity index is 1290. The molecule has 37 heavy (non-hydrogen) atoms. The van der Waals surface area contributed by atoms with Crippen molar-refractivity contribution in [2.24, 2.45) is 17.8 Å². The highest BCUT2D eigenvalue weighted by Gasteiger charge is 2.60. The molecule has 0 aromatic heterocycles. The molecule has 2 aliphatic carbocycles. The Morgan fingerprint density at radius 1 is 1.05 bits per heavy atom. The zero-order chi connectivity index (χ0) is 27.3. The van der Waals surface area contributed by atoms with Crippen LogP contribution in [-0.2, 0) is 9.84 Å². The quantitative estimate of drug-likeness (QED) is 0.409. The van der Waals surface area contributed by atoms with Crippen LogP contribution in [0.15, 0.2) is 41.3 Å². The molecular weight excluding hydrogens is 528 g/mol. The normalized spacial score (nSPS) is 27.2. The Morgan fingerprint density at radius 3 is 2.24 bits per heavy atom. The fourth-order valence-electron chi connectivity index (χ4n) is 5.74. The first-order valence-corrected chi connectivity index (χ1v) is 14.1. The number of aliphatic hydroxyl groups excluding tert-OH is 2. The van der Waals surface area contributed by atoms with Gasteiger partial charge in [0, 0.05) is 17.3 Å². The van der Waals surface area contributed by atoms with Crippen molar-refractivity contribution in [1.29, 1.82) is 0 Å². The molecule has 2 aromatic rings. The van der Waals surface area contributed by atoms with Gasteiger partial charge < -0.3 is 20.6 Å². The minimum Gasteiger partial charge on any atom is -0.390 e. The summed E-state index contributed by atoms with van der Waals surface area (Å²) in [6.45, 7) is 3.46. The number of carbonyl (C=O) groups excluding carboxylic acids is 1. The van der Waals surface area contributed by atoms with Crippen LogP contribution in [0, 0.1) is 29.4 Å². The van der Waals surface area contributed by atoms with Gasteiger partial charge in [-0.2, -0.15) is 0 Å². The topological polar surface area (TPSA) is 124 Å². The lowest BCUT2D eigenvalue weighted by Crippen LogP contribution is -2.60. The molecule has 2 bridgehead atoms. The number of hydrogen-bond donors (Lipinski definition) is 4. The van der Waals surface area contributed by atoms with Crippen molar-refractivity contribution in [2.75, 3.05) is 5.32 Å². The van der Waals surface area contributed by atoms with Gasteiger partial charge in [0.25, 0.3) is 5.91 Å². The lowest BCUT2D eigenvalue weighted by molar-refractivity contribution is -0.183. The molecule has 0 saturated heterocycles. The molecule has 202 valence electrons. The Kier molecular flexibility index (Phi) is 7.71. The molecule has 0 spiro atoms. The maximum absolute atomic E-state index is 13.7. The van der Waals surface area contributed by atoms with E-state index in [1.54, 1.807) is 13.8 Å². The summed E-state index contributed by atoms with van der Waals surface area (Å²) < 4.78 is 54.0. The SMILES string of the molecule is CC(C)[C@H](O)[C@@H](O)C1(O)[C@@H]2CC[C@H]1CC(S(=O)(=O)c1cc(C(=O)Nc3ccc(F)c(F)c3)ccc1Cl)C2. The number of amides is 1. The third-order valence-electron chi connectivity index (χ3n) is 7.86. The molecule has 11 heteroatoms. The summed E-state index contributed by atoms with van der Waals surface area (Å²) in [5.41, 5.74) is -1.64. The molecule has 4 rings (SSSR count). The van der Waals surface area contributed by atoms with E-state index in [2.05, 4.69) is 5.32 Å². The molecular formula is C26H30ClF2NO6S. The average Bonchev–Trinajstić information content (AvgIpc) is 3.01. The third kappa shape index (κ3) is 5.02. The minimum absolute atomic E-state index is 0.00598. The van der Waals surface area contributed by atoms with Gasteiger partial charge in [0.2, 0.25) is 0 Å². The molecule has 0 heterocycles. The fraction of sp³-hybridized carbons (Fsp3) is 0.500. The van der Waals surface area contributed by atoms with Crippen molar-refractivity contribution >= 4 is 33.0 Å². The van der Waals surface area contributed by atoms with E-state index < -0.39 is 62.3 Å². The van der Waals surface area contributed by atoms with Crippen molar-refractivity contribution in [3.05, 3.63) is 58.6 Å². The zero-order valence-corrected chi connectivity index (χ0v) is 21.9. The van der Waals surface area contributed by atoms with Gasteiger partial charge in [0.1, 0.15) is 6.10 Å². The number of carbonyl (C=O) groups is 1. The molecule has 7 nitrogen and oxygen atoms in total. The summed E-state index contributed by atoms with van der Waals surface area (Å²) in [5, 5.41) is 34.1. The first kappa shape index (κ1) is 27.9. The number of sulfone groups is 1. The highest BCUT2D eigenvalue weighted by atomic mass is 35.5. The lowest BCUT2D eigenvalue weighted by Gasteiger charge is -2.47. The van der Waals surface area contributed by atoms with Crippen LogP contribution >= 0.6 is 11.6 Å².